The lowest BCUT2D eigenvalue weighted by atomic mass is 9.77. The maximum absolute atomic E-state index is 12.7. The molecule has 1 aromatic rings. The maximum atomic E-state index is 12.7. The van der Waals surface area contributed by atoms with Crippen molar-refractivity contribution in [2.24, 2.45) is 0 Å². The van der Waals surface area contributed by atoms with Gasteiger partial charge in [0.1, 0.15) is 5.75 Å². The first kappa shape index (κ1) is 19.8. The van der Waals surface area contributed by atoms with E-state index in [4.69, 9.17) is 9.31 Å². The standard InChI is InChI=1S/C17H23BF3NO3/c1-15(2)16(3,4)25-18(24-15)13(10-22-5)8-11-6-7-12(9-14(11)23)17(19,20)21/h6-9,22-23H,10H2,1-5H3. The van der Waals surface area contributed by atoms with Crippen molar-refractivity contribution in [3.05, 3.63) is 34.8 Å². The second-order valence-corrected chi connectivity index (χ2v) is 7.11. The molecule has 1 aliphatic rings. The van der Waals surface area contributed by atoms with Gasteiger partial charge in [0.2, 0.25) is 0 Å². The molecule has 0 aromatic heterocycles. The van der Waals surface area contributed by atoms with Gasteiger partial charge in [-0.2, -0.15) is 13.2 Å². The smallest absolute Gasteiger partial charge is 0.491 e. The topological polar surface area (TPSA) is 50.7 Å². The minimum atomic E-state index is -4.50. The van der Waals surface area contributed by atoms with E-state index in [9.17, 15) is 18.3 Å². The monoisotopic (exact) mass is 357 g/mol. The van der Waals surface area contributed by atoms with E-state index in [1.165, 1.54) is 6.07 Å². The van der Waals surface area contributed by atoms with Crippen LogP contribution in [0.5, 0.6) is 5.75 Å². The number of hydrogen-bond acceptors (Lipinski definition) is 4. The molecule has 0 bridgehead atoms. The van der Waals surface area contributed by atoms with Gasteiger partial charge < -0.3 is 19.7 Å². The van der Waals surface area contributed by atoms with E-state index in [1.807, 2.05) is 27.7 Å². The minimum absolute atomic E-state index is 0.271. The van der Waals surface area contributed by atoms with Gasteiger partial charge in [0.15, 0.2) is 0 Å². The summed E-state index contributed by atoms with van der Waals surface area (Å²) < 4.78 is 50.1. The summed E-state index contributed by atoms with van der Waals surface area (Å²) in [6.45, 7) is 8.07. The predicted octanol–water partition coefficient (Wildman–Crippen LogP) is 3.65. The van der Waals surface area contributed by atoms with Crippen LogP contribution >= 0.6 is 0 Å². The van der Waals surface area contributed by atoms with Gasteiger partial charge in [-0.15, -0.1) is 0 Å². The third-order valence-corrected chi connectivity index (χ3v) is 4.64. The molecule has 138 valence electrons. The number of nitrogens with one attached hydrogen (secondary N) is 1. The zero-order chi connectivity index (χ0) is 19.0. The Morgan fingerprint density at radius 1 is 1.20 bits per heavy atom. The van der Waals surface area contributed by atoms with Gasteiger partial charge in [-0.05, 0) is 52.3 Å². The predicted molar refractivity (Wildman–Crippen MR) is 91.1 cm³/mol. The van der Waals surface area contributed by atoms with Crippen LogP contribution in [-0.2, 0) is 15.5 Å². The second kappa shape index (κ2) is 6.66. The van der Waals surface area contributed by atoms with Gasteiger partial charge >= 0.3 is 13.3 Å². The average Bonchev–Trinajstić information content (AvgIpc) is 2.67. The summed E-state index contributed by atoms with van der Waals surface area (Å²) in [7, 11) is 1.09. The SMILES string of the molecule is CNCC(=Cc1ccc(C(F)(F)F)cc1O)B1OC(C)(C)C(C)(C)O1. The van der Waals surface area contributed by atoms with Crippen LogP contribution in [-0.4, -0.2) is 37.0 Å². The lowest BCUT2D eigenvalue weighted by molar-refractivity contribution is -0.137. The van der Waals surface area contributed by atoms with Crippen LogP contribution in [0.1, 0.15) is 38.8 Å². The van der Waals surface area contributed by atoms with Crippen LogP contribution in [0.4, 0.5) is 13.2 Å². The van der Waals surface area contributed by atoms with Crippen LogP contribution < -0.4 is 5.32 Å². The molecular weight excluding hydrogens is 334 g/mol. The fourth-order valence-corrected chi connectivity index (χ4v) is 2.44. The van der Waals surface area contributed by atoms with Crippen molar-refractivity contribution < 1.29 is 27.6 Å². The minimum Gasteiger partial charge on any atom is -0.507 e. The van der Waals surface area contributed by atoms with Crippen LogP contribution in [0.25, 0.3) is 6.08 Å². The molecular formula is C17H23BF3NO3. The molecule has 1 aromatic carbocycles. The first-order chi connectivity index (χ1) is 11.4. The number of benzene rings is 1. The molecule has 2 N–H and O–H groups in total. The molecule has 0 radical (unpaired) electrons. The number of phenolic OH excluding ortho intramolecular Hbond substituents is 1. The number of aromatic hydroxyl groups is 1. The Bertz CT molecular complexity index is 656. The number of rotatable bonds is 4. The normalized spacial score (nSPS) is 20.2. The van der Waals surface area contributed by atoms with Crippen molar-refractivity contribution in [2.75, 3.05) is 13.6 Å². The van der Waals surface area contributed by atoms with Crippen LogP contribution in [0, 0.1) is 0 Å². The van der Waals surface area contributed by atoms with Crippen molar-refractivity contribution in [3.8, 4) is 5.75 Å². The highest BCUT2D eigenvalue weighted by atomic mass is 19.4. The average molecular weight is 357 g/mol. The van der Waals surface area contributed by atoms with Crippen molar-refractivity contribution in [2.45, 2.75) is 45.1 Å². The summed E-state index contributed by atoms with van der Waals surface area (Å²) in [5, 5.41) is 13.0. The Morgan fingerprint density at radius 3 is 2.20 bits per heavy atom. The largest absolute Gasteiger partial charge is 0.507 e. The van der Waals surface area contributed by atoms with E-state index in [-0.39, 0.29) is 5.56 Å². The Hall–Kier alpha value is -1.51. The highest BCUT2D eigenvalue weighted by molar-refractivity contribution is 6.56. The molecule has 25 heavy (non-hydrogen) atoms. The molecule has 0 amide bonds. The van der Waals surface area contributed by atoms with E-state index in [0.29, 0.717) is 18.1 Å². The Kier molecular flexibility index (Phi) is 5.28. The van der Waals surface area contributed by atoms with Crippen LogP contribution in [0.3, 0.4) is 0 Å². The molecule has 0 unspecified atom stereocenters. The van der Waals surface area contributed by atoms with Gasteiger partial charge in [-0.25, -0.2) is 0 Å². The molecule has 8 heteroatoms. The quantitative estimate of drug-likeness (QED) is 0.808. The van der Waals surface area contributed by atoms with Crippen LogP contribution in [0.15, 0.2) is 23.7 Å². The molecule has 1 saturated heterocycles. The van der Waals surface area contributed by atoms with Gasteiger partial charge in [-0.1, -0.05) is 12.1 Å². The van der Waals surface area contributed by atoms with Gasteiger partial charge in [-0.3, -0.25) is 0 Å². The highest BCUT2D eigenvalue weighted by Gasteiger charge is 2.52. The van der Waals surface area contributed by atoms with Crippen molar-refractivity contribution >= 4 is 13.2 Å². The third-order valence-electron chi connectivity index (χ3n) is 4.64. The number of halogens is 3. The summed E-state index contributed by atoms with van der Waals surface area (Å²) in [6, 6.07) is 2.89. The second-order valence-electron chi connectivity index (χ2n) is 7.11. The fourth-order valence-electron chi connectivity index (χ4n) is 2.44. The number of alkyl halides is 3. The fraction of sp³-hybridized carbons (Fsp3) is 0.529. The van der Waals surface area contributed by atoms with E-state index in [1.54, 1.807) is 13.1 Å². The van der Waals surface area contributed by atoms with Crippen molar-refractivity contribution in [1.82, 2.24) is 5.32 Å². The molecule has 1 heterocycles. The number of phenols is 1. The summed E-state index contributed by atoms with van der Waals surface area (Å²) >= 11 is 0. The zero-order valence-electron chi connectivity index (χ0n) is 15.0. The van der Waals surface area contributed by atoms with E-state index in [2.05, 4.69) is 5.32 Å². The van der Waals surface area contributed by atoms with Gasteiger partial charge in [0.05, 0.1) is 16.8 Å². The molecule has 0 aliphatic carbocycles. The summed E-state index contributed by atoms with van der Waals surface area (Å²) in [6.07, 6.45) is -2.91. The Balaban J connectivity index is 2.35. The van der Waals surface area contributed by atoms with Crippen LogP contribution in [0.2, 0.25) is 0 Å². The number of hydrogen-bond donors (Lipinski definition) is 2. The van der Waals surface area contributed by atoms with Gasteiger partial charge in [0.25, 0.3) is 0 Å². The molecule has 0 atom stereocenters. The molecule has 1 aliphatic heterocycles. The maximum Gasteiger partial charge on any atom is 0.491 e. The molecule has 1 fully saturated rings. The lowest BCUT2D eigenvalue weighted by Gasteiger charge is -2.32. The van der Waals surface area contributed by atoms with E-state index >= 15 is 0 Å². The summed E-state index contributed by atoms with van der Waals surface area (Å²) in [5.74, 6) is -0.444. The molecule has 0 saturated carbocycles. The Labute approximate surface area is 146 Å². The third kappa shape index (κ3) is 4.19. The summed E-state index contributed by atoms with van der Waals surface area (Å²) in [5.41, 5.74) is -1.02. The molecule has 2 rings (SSSR count). The first-order valence-corrected chi connectivity index (χ1v) is 7.98. The highest BCUT2D eigenvalue weighted by Crippen LogP contribution is 2.39. The first-order valence-electron chi connectivity index (χ1n) is 7.98. The van der Waals surface area contributed by atoms with E-state index in [0.717, 1.165) is 6.07 Å². The molecule has 4 nitrogen and oxygen atoms in total. The van der Waals surface area contributed by atoms with E-state index < -0.39 is 35.8 Å². The van der Waals surface area contributed by atoms with Crippen molar-refractivity contribution in [3.63, 3.8) is 0 Å². The van der Waals surface area contributed by atoms with Gasteiger partial charge in [0, 0.05) is 12.1 Å². The molecule has 0 spiro atoms. The Morgan fingerprint density at radius 2 is 1.76 bits per heavy atom. The summed E-state index contributed by atoms with van der Waals surface area (Å²) in [4.78, 5) is 0. The zero-order valence-corrected chi connectivity index (χ0v) is 15.0. The lowest BCUT2D eigenvalue weighted by Crippen LogP contribution is -2.41. The van der Waals surface area contributed by atoms with Crippen molar-refractivity contribution in [1.29, 1.82) is 0 Å². The number of likely N-dealkylation sites (N-methyl/N-ethyl adjacent to an activating group) is 1.